The number of nitrogens with one attached hydrogen (secondary N) is 1. The highest BCUT2D eigenvalue weighted by molar-refractivity contribution is 7.86. The van der Waals surface area contributed by atoms with Crippen LogP contribution in [-0.2, 0) is 20.7 Å². The molecule has 0 unspecified atom stereocenters. The van der Waals surface area contributed by atoms with Gasteiger partial charge in [0.15, 0.2) is 0 Å². The number of aliphatic hydroxyl groups is 1. The Labute approximate surface area is 130 Å². The quantitative estimate of drug-likeness (QED) is 0.675. The molecule has 2 aliphatic rings. The largest absolute Gasteiger partial charge is 0.396 e. The van der Waals surface area contributed by atoms with Crippen LogP contribution < -0.4 is 5.32 Å². The first-order valence-electron chi connectivity index (χ1n) is 7.51. The van der Waals surface area contributed by atoms with Crippen molar-refractivity contribution in [2.24, 2.45) is 5.41 Å². The van der Waals surface area contributed by atoms with Crippen LogP contribution in [0.25, 0.3) is 0 Å². The average Bonchev–Trinajstić information content (AvgIpc) is 3.00. The molecule has 0 amide bonds. The van der Waals surface area contributed by atoms with Crippen molar-refractivity contribution < 1.29 is 17.7 Å². The van der Waals surface area contributed by atoms with Gasteiger partial charge < -0.3 is 10.4 Å². The van der Waals surface area contributed by atoms with Crippen LogP contribution in [0.15, 0.2) is 6.20 Å². The third-order valence-corrected chi connectivity index (χ3v) is 5.23. The molecule has 1 saturated heterocycles. The van der Waals surface area contributed by atoms with E-state index in [1.165, 1.54) is 0 Å². The molecule has 22 heavy (non-hydrogen) atoms. The van der Waals surface area contributed by atoms with Gasteiger partial charge >= 0.3 is 0 Å². The minimum absolute atomic E-state index is 0.0442. The van der Waals surface area contributed by atoms with E-state index in [1.54, 1.807) is 4.68 Å². The molecule has 124 valence electrons. The summed E-state index contributed by atoms with van der Waals surface area (Å²) in [6.07, 6.45) is 6.30. The Balaban J connectivity index is 1.70. The van der Waals surface area contributed by atoms with Crippen LogP contribution in [0.4, 0.5) is 0 Å². The zero-order valence-electron chi connectivity index (χ0n) is 12.6. The summed E-state index contributed by atoms with van der Waals surface area (Å²) in [7, 11) is -3.50. The molecule has 0 bridgehead atoms. The smallest absolute Gasteiger partial charge is 0.264 e. The molecule has 0 radical (unpaired) electrons. The lowest BCUT2D eigenvalue weighted by molar-refractivity contribution is 0.0441. The monoisotopic (exact) mass is 330 g/mol. The van der Waals surface area contributed by atoms with Crippen molar-refractivity contribution in [2.75, 3.05) is 26.0 Å². The van der Waals surface area contributed by atoms with Gasteiger partial charge in [0, 0.05) is 32.3 Å². The van der Waals surface area contributed by atoms with Crippen molar-refractivity contribution in [3.63, 3.8) is 0 Å². The van der Waals surface area contributed by atoms with Gasteiger partial charge in [0.1, 0.15) is 6.10 Å². The Morgan fingerprint density at radius 1 is 1.50 bits per heavy atom. The first-order valence-corrected chi connectivity index (χ1v) is 9.33. The van der Waals surface area contributed by atoms with E-state index in [1.807, 2.05) is 6.20 Å². The number of aromatic nitrogens is 3. The average molecular weight is 330 g/mol. The van der Waals surface area contributed by atoms with Gasteiger partial charge in [-0.2, -0.15) is 8.42 Å². The van der Waals surface area contributed by atoms with Crippen LogP contribution in [0, 0.1) is 5.41 Å². The Hall–Kier alpha value is -1.03. The second-order valence-electron chi connectivity index (χ2n) is 6.44. The summed E-state index contributed by atoms with van der Waals surface area (Å²) in [5.74, 6) is 0. The van der Waals surface area contributed by atoms with Gasteiger partial charge in [0.25, 0.3) is 10.1 Å². The zero-order valence-corrected chi connectivity index (χ0v) is 13.4. The lowest BCUT2D eigenvalue weighted by Crippen LogP contribution is -2.35. The highest BCUT2D eigenvalue weighted by atomic mass is 32.2. The van der Waals surface area contributed by atoms with Crippen LogP contribution in [0.2, 0.25) is 0 Å². The molecule has 2 atom stereocenters. The molecular weight excluding hydrogens is 308 g/mol. The standard InChI is InChI=1S/C13H22N4O4S/c1-22(19,20)21-12-7-14-6-11(12)17-8-10(15-16-17)5-13(9-18)3-2-4-13/h8,11-12,14,18H,2-7,9H2,1H3/t11-,12-/m1/s1. The van der Waals surface area contributed by atoms with Crippen molar-refractivity contribution in [1.29, 1.82) is 0 Å². The summed E-state index contributed by atoms with van der Waals surface area (Å²) >= 11 is 0. The molecule has 1 aliphatic heterocycles. The van der Waals surface area contributed by atoms with Gasteiger partial charge in [-0.05, 0) is 18.3 Å². The lowest BCUT2D eigenvalue weighted by atomic mass is 9.67. The van der Waals surface area contributed by atoms with E-state index in [4.69, 9.17) is 4.18 Å². The SMILES string of the molecule is CS(=O)(=O)O[C@@H]1CNC[C@H]1n1cc(CC2(CO)CCC2)nn1. The topological polar surface area (TPSA) is 106 Å². The summed E-state index contributed by atoms with van der Waals surface area (Å²) in [4.78, 5) is 0. The molecule has 1 aliphatic carbocycles. The van der Waals surface area contributed by atoms with Gasteiger partial charge in [-0.15, -0.1) is 5.10 Å². The molecule has 8 nitrogen and oxygen atoms in total. The highest BCUT2D eigenvalue weighted by Gasteiger charge is 2.38. The van der Waals surface area contributed by atoms with Crippen LogP contribution in [0.3, 0.4) is 0 Å². The summed E-state index contributed by atoms with van der Waals surface area (Å²) in [6, 6.07) is -0.192. The van der Waals surface area contributed by atoms with Gasteiger partial charge in [0.05, 0.1) is 18.0 Å². The van der Waals surface area contributed by atoms with Gasteiger partial charge in [-0.3, -0.25) is 4.18 Å². The minimum Gasteiger partial charge on any atom is -0.396 e. The summed E-state index contributed by atoms with van der Waals surface area (Å²) in [5.41, 5.74) is 0.788. The number of hydrogen-bond donors (Lipinski definition) is 2. The third kappa shape index (κ3) is 3.32. The number of nitrogens with zero attached hydrogens (tertiary/aromatic N) is 3. The fraction of sp³-hybridized carbons (Fsp3) is 0.846. The Bertz CT molecular complexity index is 620. The van der Waals surface area contributed by atoms with E-state index in [0.717, 1.165) is 31.2 Å². The predicted molar refractivity (Wildman–Crippen MR) is 78.7 cm³/mol. The maximum Gasteiger partial charge on any atom is 0.264 e. The first-order chi connectivity index (χ1) is 10.4. The molecular formula is C13H22N4O4S. The summed E-state index contributed by atoms with van der Waals surface area (Å²) in [6.45, 7) is 1.23. The van der Waals surface area contributed by atoms with Crippen LogP contribution in [0.1, 0.15) is 31.0 Å². The highest BCUT2D eigenvalue weighted by Crippen LogP contribution is 2.42. The van der Waals surface area contributed by atoms with Crippen LogP contribution in [0.5, 0.6) is 0 Å². The Kier molecular flexibility index (Phi) is 4.23. The van der Waals surface area contributed by atoms with Gasteiger partial charge in [-0.25, -0.2) is 4.68 Å². The molecule has 0 spiro atoms. The Morgan fingerprint density at radius 2 is 2.27 bits per heavy atom. The van der Waals surface area contributed by atoms with Gasteiger partial charge in [0.2, 0.25) is 0 Å². The van der Waals surface area contributed by atoms with E-state index in [-0.39, 0.29) is 18.1 Å². The van der Waals surface area contributed by atoms with Crippen LogP contribution >= 0.6 is 0 Å². The normalized spacial score (nSPS) is 27.7. The molecule has 1 aromatic rings. The second-order valence-corrected chi connectivity index (χ2v) is 8.04. The fourth-order valence-corrected chi connectivity index (χ4v) is 3.88. The lowest BCUT2D eigenvalue weighted by Gasteiger charge is -2.39. The van der Waals surface area contributed by atoms with Crippen molar-refractivity contribution >= 4 is 10.1 Å². The number of rotatable bonds is 6. The number of hydrogen-bond acceptors (Lipinski definition) is 7. The predicted octanol–water partition coefficient (Wildman–Crippen LogP) is -0.528. The van der Waals surface area contributed by atoms with Crippen molar-refractivity contribution in [3.8, 4) is 0 Å². The molecule has 2 fully saturated rings. The number of aliphatic hydroxyl groups excluding tert-OH is 1. The van der Waals surface area contributed by atoms with Crippen molar-refractivity contribution in [1.82, 2.24) is 20.3 Å². The van der Waals surface area contributed by atoms with E-state index < -0.39 is 16.2 Å². The zero-order chi connectivity index (χ0) is 15.8. The Morgan fingerprint density at radius 3 is 2.86 bits per heavy atom. The first kappa shape index (κ1) is 15.9. The third-order valence-electron chi connectivity index (χ3n) is 4.63. The molecule has 1 saturated carbocycles. The fourth-order valence-electron chi connectivity index (χ4n) is 3.24. The molecule has 2 N–H and O–H groups in total. The summed E-state index contributed by atoms with van der Waals surface area (Å²) in [5, 5.41) is 21.0. The molecule has 3 rings (SSSR count). The maximum absolute atomic E-state index is 11.3. The van der Waals surface area contributed by atoms with Crippen LogP contribution in [-0.4, -0.2) is 60.6 Å². The van der Waals surface area contributed by atoms with E-state index in [9.17, 15) is 13.5 Å². The molecule has 0 aromatic carbocycles. The van der Waals surface area contributed by atoms with E-state index in [0.29, 0.717) is 19.5 Å². The summed E-state index contributed by atoms with van der Waals surface area (Å²) < 4.78 is 29.4. The van der Waals surface area contributed by atoms with Crippen molar-refractivity contribution in [3.05, 3.63) is 11.9 Å². The van der Waals surface area contributed by atoms with Gasteiger partial charge in [-0.1, -0.05) is 11.6 Å². The van der Waals surface area contributed by atoms with E-state index >= 15 is 0 Å². The molecule has 9 heteroatoms. The minimum atomic E-state index is -3.50. The second kappa shape index (κ2) is 5.88. The van der Waals surface area contributed by atoms with Crippen molar-refractivity contribution in [2.45, 2.75) is 37.8 Å². The maximum atomic E-state index is 11.3. The van der Waals surface area contributed by atoms with E-state index in [2.05, 4.69) is 15.6 Å². The molecule has 2 heterocycles. The molecule has 1 aromatic heterocycles.